The summed E-state index contributed by atoms with van der Waals surface area (Å²) in [5.74, 6) is 0. The minimum Gasteiger partial charge on any atom is -0.137 e. The van der Waals surface area contributed by atoms with Crippen LogP contribution in [-0.2, 0) is 0 Å². The fourth-order valence-corrected chi connectivity index (χ4v) is 0. The molecule has 0 amide bonds. The summed E-state index contributed by atoms with van der Waals surface area (Å²) in [5.41, 5.74) is 2.25. The van der Waals surface area contributed by atoms with Gasteiger partial charge in [-0.15, -0.1) is 5.73 Å². The predicted molar refractivity (Wildman–Crippen MR) is 26.1 cm³/mol. The summed E-state index contributed by atoms with van der Waals surface area (Å²) in [6.07, 6.45) is 0. The average molecular weight is 70.1 g/mol. The molecule has 0 fully saturated rings. The first-order chi connectivity index (χ1) is 2.41. The molecule has 0 nitrogen and oxygen atoms in total. The van der Waals surface area contributed by atoms with Crippen LogP contribution in [0.1, 0.15) is 13.8 Å². The molecule has 0 unspecified atom stereocenters. The highest BCUT2D eigenvalue weighted by atomic mass is 13.0. The van der Waals surface area contributed by atoms with Crippen molar-refractivity contribution in [1.82, 2.24) is 0 Å². The second-order valence-electron chi connectivity index (χ2n) is 0.250. The SMILES string of the molecule is C=C=C.CC. The molecule has 0 aromatic heterocycles. The summed E-state index contributed by atoms with van der Waals surface area (Å²) in [5, 5.41) is 0. The highest BCUT2D eigenvalue weighted by Gasteiger charge is 0.932. The van der Waals surface area contributed by atoms with E-state index in [1.807, 2.05) is 13.8 Å². The van der Waals surface area contributed by atoms with E-state index in [0.29, 0.717) is 0 Å². The lowest BCUT2D eigenvalue weighted by Gasteiger charge is -1.10. The molecule has 0 bridgehead atoms. The molecule has 0 atom stereocenters. The van der Waals surface area contributed by atoms with Crippen molar-refractivity contribution in [3.63, 3.8) is 0 Å². The summed E-state index contributed by atoms with van der Waals surface area (Å²) >= 11 is 0. The van der Waals surface area contributed by atoms with Gasteiger partial charge in [-0.05, 0) is 0 Å². The van der Waals surface area contributed by atoms with Crippen LogP contribution < -0.4 is 0 Å². The van der Waals surface area contributed by atoms with Crippen LogP contribution in [0.2, 0.25) is 0 Å². The van der Waals surface area contributed by atoms with Gasteiger partial charge in [0.1, 0.15) is 0 Å². The van der Waals surface area contributed by atoms with Crippen molar-refractivity contribution in [2.75, 3.05) is 0 Å². The molecule has 0 aliphatic carbocycles. The molecular formula is C5H10. The molecule has 0 aromatic rings. The maximum absolute atomic E-state index is 3.12. The van der Waals surface area contributed by atoms with Gasteiger partial charge in [0.15, 0.2) is 0 Å². The van der Waals surface area contributed by atoms with E-state index in [2.05, 4.69) is 18.9 Å². The third-order valence-corrected chi connectivity index (χ3v) is 0. The van der Waals surface area contributed by atoms with Gasteiger partial charge in [-0.3, -0.25) is 0 Å². The number of rotatable bonds is 0. The summed E-state index contributed by atoms with van der Waals surface area (Å²) in [7, 11) is 0. The highest BCUT2D eigenvalue weighted by molar-refractivity contribution is 4.51. The third-order valence-electron chi connectivity index (χ3n) is 0. The van der Waals surface area contributed by atoms with Crippen molar-refractivity contribution in [3.05, 3.63) is 18.9 Å². The fourth-order valence-electron chi connectivity index (χ4n) is 0. The maximum Gasteiger partial charge on any atom is -0.0572 e. The van der Waals surface area contributed by atoms with Gasteiger partial charge in [0.05, 0.1) is 0 Å². The predicted octanol–water partition coefficient (Wildman–Crippen LogP) is 1.98. The van der Waals surface area contributed by atoms with Crippen molar-refractivity contribution >= 4 is 0 Å². The lowest BCUT2D eigenvalue weighted by atomic mass is 11.0. The van der Waals surface area contributed by atoms with Gasteiger partial charge in [-0.25, -0.2) is 0 Å². The Balaban J connectivity index is 0. The molecular weight excluding hydrogens is 60.1 g/mol. The Bertz CT molecular complexity index is 21.0. The number of hydrogen-bond acceptors (Lipinski definition) is 0. The molecule has 30 valence electrons. The third kappa shape index (κ3) is 35.3. The summed E-state index contributed by atoms with van der Waals surface area (Å²) < 4.78 is 0. The van der Waals surface area contributed by atoms with E-state index in [0.717, 1.165) is 0 Å². The van der Waals surface area contributed by atoms with Crippen molar-refractivity contribution in [2.45, 2.75) is 13.8 Å². The largest absolute Gasteiger partial charge is 0.137 e. The van der Waals surface area contributed by atoms with Crippen molar-refractivity contribution in [2.24, 2.45) is 0 Å². The van der Waals surface area contributed by atoms with Crippen molar-refractivity contribution in [1.29, 1.82) is 0 Å². The molecule has 0 saturated carbocycles. The molecule has 5 heavy (non-hydrogen) atoms. The summed E-state index contributed by atoms with van der Waals surface area (Å²) in [6.45, 7) is 10.2. The molecule has 0 aromatic carbocycles. The van der Waals surface area contributed by atoms with Crippen LogP contribution >= 0.6 is 0 Å². The Morgan fingerprint density at radius 1 is 1.20 bits per heavy atom. The second-order valence-corrected chi connectivity index (χ2v) is 0.250. The van der Waals surface area contributed by atoms with E-state index in [-0.39, 0.29) is 0 Å². The zero-order chi connectivity index (χ0) is 4.71. The van der Waals surface area contributed by atoms with Gasteiger partial charge in [0.2, 0.25) is 0 Å². The van der Waals surface area contributed by atoms with Crippen LogP contribution in [0, 0.1) is 0 Å². The van der Waals surface area contributed by atoms with Gasteiger partial charge in [-0.2, -0.15) is 0 Å². The van der Waals surface area contributed by atoms with Gasteiger partial charge in [-0.1, -0.05) is 27.0 Å². The zero-order valence-electron chi connectivity index (χ0n) is 3.91. The van der Waals surface area contributed by atoms with E-state index < -0.39 is 0 Å². The molecule has 0 rings (SSSR count). The standard InChI is InChI=1S/C3H4.C2H6/c1-3-2;1-2/h1-2H2;1-2H3. The van der Waals surface area contributed by atoms with Gasteiger partial charge < -0.3 is 0 Å². The Hall–Kier alpha value is -0.480. The van der Waals surface area contributed by atoms with Crippen molar-refractivity contribution in [3.8, 4) is 0 Å². The minimum absolute atomic E-state index is 2.00. The first-order valence-electron chi connectivity index (χ1n) is 1.71. The van der Waals surface area contributed by atoms with Crippen LogP contribution in [0.25, 0.3) is 0 Å². The fraction of sp³-hybridized carbons (Fsp3) is 0.400. The molecule has 0 heteroatoms. The average Bonchev–Trinajstić information content (AvgIpc) is 1.46. The Morgan fingerprint density at radius 2 is 1.20 bits per heavy atom. The summed E-state index contributed by atoms with van der Waals surface area (Å²) in [4.78, 5) is 0. The van der Waals surface area contributed by atoms with Gasteiger partial charge >= 0.3 is 0 Å². The smallest absolute Gasteiger partial charge is 0.0572 e. The second kappa shape index (κ2) is 82.7. The van der Waals surface area contributed by atoms with E-state index in [1.54, 1.807) is 0 Å². The van der Waals surface area contributed by atoms with Gasteiger partial charge in [0, 0.05) is 0 Å². The minimum atomic E-state index is 2.00. The number of hydrogen-bond donors (Lipinski definition) is 0. The van der Waals surface area contributed by atoms with Crippen LogP contribution in [0.3, 0.4) is 0 Å². The first kappa shape index (κ1) is 8.82. The zero-order valence-corrected chi connectivity index (χ0v) is 3.91. The van der Waals surface area contributed by atoms with Crippen molar-refractivity contribution < 1.29 is 0 Å². The van der Waals surface area contributed by atoms with Crippen LogP contribution in [0.15, 0.2) is 18.9 Å². The lowest BCUT2D eigenvalue weighted by molar-refractivity contribution is 1.50. The summed E-state index contributed by atoms with van der Waals surface area (Å²) in [6, 6.07) is 0. The first-order valence-corrected chi connectivity index (χ1v) is 1.71. The Labute approximate surface area is 33.8 Å². The lowest BCUT2D eigenvalue weighted by Crippen LogP contribution is -0.856. The maximum atomic E-state index is 3.12. The monoisotopic (exact) mass is 70.1 g/mol. The highest BCUT2D eigenvalue weighted by Crippen LogP contribution is 1.16. The van der Waals surface area contributed by atoms with E-state index in [4.69, 9.17) is 0 Å². The van der Waals surface area contributed by atoms with Crippen LogP contribution in [-0.4, -0.2) is 0 Å². The Kier molecular flexibility index (Phi) is 146. The molecule has 0 N–H and O–H groups in total. The quantitative estimate of drug-likeness (QED) is 0.382. The molecule has 0 saturated heterocycles. The normalized spacial score (nSPS) is 2.80. The molecule has 0 heterocycles. The van der Waals surface area contributed by atoms with E-state index >= 15 is 0 Å². The molecule has 0 aliphatic rings. The van der Waals surface area contributed by atoms with Crippen LogP contribution in [0.5, 0.6) is 0 Å². The van der Waals surface area contributed by atoms with Crippen LogP contribution in [0.4, 0.5) is 0 Å². The molecule has 0 aliphatic heterocycles. The topological polar surface area (TPSA) is 0 Å². The molecule has 0 radical (unpaired) electrons. The molecule has 0 spiro atoms. The Morgan fingerprint density at radius 3 is 1.20 bits per heavy atom. The van der Waals surface area contributed by atoms with E-state index in [1.165, 1.54) is 0 Å². The van der Waals surface area contributed by atoms with Gasteiger partial charge in [0.25, 0.3) is 0 Å². The van der Waals surface area contributed by atoms with E-state index in [9.17, 15) is 0 Å².